The summed E-state index contributed by atoms with van der Waals surface area (Å²) in [7, 11) is 0. The van der Waals surface area contributed by atoms with Crippen LogP contribution in [0.5, 0.6) is 11.8 Å². The summed E-state index contributed by atoms with van der Waals surface area (Å²) >= 11 is 0. The van der Waals surface area contributed by atoms with Crippen LogP contribution < -0.4 is 9.64 Å². The molecule has 2 N–H and O–H groups in total. The summed E-state index contributed by atoms with van der Waals surface area (Å²) in [5, 5.41) is 22.4. The van der Waals surface area contributed by atoms with Gasteiger partial charge in [-0.3, -0.25) is 4.90 Å². The van der Waals surface area contributed by atoms with E-state index in [4.69, 9.17) is 9.72 Å². The summed E-state index contributed by atoms with van der Waals surface area (Å²) in [4.78, 5) is 13.5. The number of hydrogen-bond donors (Lipinski definition) is 2. The van der Waals surface area contributed by atoms with E-state index in [1.54, 1.807) is 13.8 Å². The molecule has 10 heteroatoms. The lowest BCUT2D eigenvalue weighted by Crippen LogP contribution is -2.46. The van der Waals surface area contributed by atoms with Crippen molar-refractivity contribution in [2.45, 2.75) is 70.4 Å². The second-order valence-electron chi connectivity index (χ2n) is 13.4. The number of β-amino-alcohol motifs (C(OH)–C–C–N with tert-alkyl or cyclic N) is 1. The first-order valence-corrected chi connectivity index (χ1v) is 16.2. The first-order valence-electron chi connectivity index (χ1n) is 16.2. The fourth-order valence-electron chi connectivity index (χ4n) is 7.93. The molecule has 3 fully saturated rings. The molecule has 3 saturated heterocycles. The van der Waals surface area contributed by atoms with Crippen LogP contribution in [0.4, 0.5) is 19.0 Å². The molecule has 4 heterocycles. The number of nitrogens with zero attached hydrogens (tertiary/aromatic N) is 4. The molecule has 7 nitrogen and oxygen atoms in total. The van der Waals surface area contributed by atoms with Gasteiger partial charge >= 0.3 is 6.01 Å². The second-order valence-corrected chi connectivity index (χ2v) is 13.4. The predicted octanol–water partition coefficient (Wildman–Crippen LogP) is 7.05. The van der Waals surface area contributed by atoms with Crippen LogP contribution in [0, 0.1) is 17.5 Å². The van der Waals surface area contributed by atoms with Gasteiger partial charge in [-0.25, -0.2) is 13.2 Å². The Morgan fingerprint density at radius 1 is 1.04 bits per heavy atom. The lowest BCUT2D eigenvalue weighted by molar-refractivity contribution is 0.0447. The highest BCUT2D eigenvalue weighted by molar-refractivity contribution is 6.03. The minimum absolute atomic E-state index is 0.0274. The van der Waals surface area contributed by atoms with Crippen molar-refractivity contribution in [3.05, 3.63) is 65.0 Å². The number of aryl methyl sites for hydroxylation is 1. The van der Waals surface area contributed by atoms with E-state index in [2.05, 4.69) is 16.0 Å². The Kier molecular flexibility index (Phi) is 7.63. The zero-order valence-electron chi connectivity index (χ0n) is 26.5. The molecule has 1 aromatic heterocycles. The maximum absolute atomic E-state index is 16.9. The number of aromatic hydroxyl groups is 1. The molecule has 0 amide bonds. The highest BCUT2D eigenvalue weighted by atomic mass is 19.1. The quantitative estimate of drug-likeness (QED) is 0.221. The molecule has 0 aliphatic carbocycles. The molecule has 0 saturated carbocycles. The van der Waals surface area contributed by atoms with Crippen molar-refractivity contribution in [1.29, 1.82) is 0 Å². The number of benzene rings is 3. The van der Waals surface area contributed by atoms with Crippen molar-refractivity contribution < 1.29 is 28.1 Å². The average molecular weight is 633 g/mol. The van der Waals surface area contributed by atoms with Gasteiger partial charge in [0.15, 0.2) is 5.82 Å². The Balaban J connectivity index is 1.41. The van der Waals surface area contributed by atoms with Crippen LogP contribution in [0.15, 0.2) is 42.0 Å². The van der Waals surface area contributed by atoms with Crippen molar-refractivity contribution >= 4 is 27.5 Å². The van der Waals surface area contributed by atoms with E-state index in [-0.39, 0.29) is 52.5 Å². The zero-order valence-corrected chi connectivity index (χ0v) is 26.5. The van der Waals surface area contributed by atoms with Crippen LogP contribution in [0.25, 0.3) is 32.8 Å². The summed E-state index contributed by atoms with van der Waals surface area (Å²) in [5.74, 6) is -2.25. The molecule has 4 aromatic rings. The summed E-state index contributed by atoms with van der Waals surface area (Å²) in [6.07, 6.45) is 6.60. The molecule has 3 aromatic carbocycles. The van der Waals surface area contributed by atoms with Gasteiger partial charge in [-0.05, 0) is 105 Å². The van der Waals surface area contributed by atoms with Crippen molar-refractivity contribution in [2.24, 2.45) is 0 Å². The van der Waals surface area contributed by atoms with Crippen molar-refractivity contribution in [1.82, 2.24) is 14.9 Å². The van der Waals surface area contributed by atoms with E-state index < -0.39 is 28.6 Å². The Hall–Kier alpha value is -3.89. The van der Waals surface area contributed by atoms with Crippen molar-refractivity contribution in [2.75, 3.05) is 37.7 Å². The summed E-state index contributed by atoms with van der Waals surface area (Å²) in [6.45, 7) is 8.50. The number of hydrogen-bond acceptors (Lipinski definition) is 7. The smallest absolute Gasteiger partial charge is 0.319 e. The monoisotopic (exact) mass is 632 g/mol. The standard InChI is InChI=1S/C36H39F3N4O3/c1-4-21-17-36(11-7-13-43(36)18-21)20-46-34-40-32-26(33(41-34)42-12-6-10-35(3,45)19-42)16-28(38)30(31(32)39)25-15-23(44)14-22-8-9-27(37)24(5-2)29(22)25/h4,8-9,14-16,44-45H,5-7,10-13,17-20H2,1-3H3/b21-4-/t35-,36?/m1/s1. The van der Waals surface area contributed by atoms with Crippen LogP contribution in [0.1, 0.15) is 58.4 Å². The number of allylic oxidation sites excluding steroid dienone is 1. The minimum Gasteiger partial charge on any atom is -0.508 e. The van der Waals surface area contributed by atoms with E-state index in [0.29, 0.717) is 42.3 Å². The normalized spacial score (nSPS) is 24.4. The van der Waals surface area contributed by atoms with Gasteiger partial charge in [0.1, 0.15) is 35.3 Å². The van der Waals surface area contributed by atoms with E-state index in [1.807, 2.05) is 11.8 Å². The van der Waals surface area contributed by atoms with Gasteiger partial charge in [0.25, 0.3) is 0 Å². The van der Waals surface area contributed by atoms with Crippen LogP contribution in [0.2, 0.25) is 0 Å². The maximum Gasteiger partial charge on any atom is 0.319 e. The van der Waals surface area contributed by atoms with E-state index in [1.165, 1.54) is 35.9 Å². The Morgan fingerprint density at radius 3 is 2.61 bits per heavy atom. The number of aromatic nitrogens is 2. The fourth-order valence-corrected chi connectivity index (χ4v) is 7.93. The molecule has 3 aliphatic rings. The SMILES string of the molecule is C/C=C1\CN2CCCC2(COc2nc(N3CCC[C@@](C)(O)C3)c3cc(F)c(-c4cc(O)cc5ccc(F)c(CC)c45)c(F)c3n2)C1. The van der Waals surface area contributed by atoms with Gasteiger partial charge in [-0.2, -0.15) is 9.97 Å². The number of phenols is 1. The highest BCUT2D eigenvalue weighted by Gasteiger charge is 2.47. The molecular weight excluding hydrogens is 593 g/mol. The third-order valence-corrected chi connectivity index (χ3v) is 10.2. The van der Waals surface area contributed by atoms with E-state index in [0.717, 1.165) is 32.4 Å². The maximum atomic E-state index is 16.9. The lowest BCUT2D eigenvalue weighted by atomic mass is 9.91. The van der Waals surface area contributed by atoms with Gasteiger partial charge in [-0.1, -0.05) is 24.6 Å². The Morgan fingerprint density at radius 2 is 1.85 bits per heavy atom. The largest absolute Gasteiger partial charge is 0.508 e. The molecule has 1 unspecified atom stereocenters. The van der Waals surface area contributed by atoms with Crippen LogP contribution >= 0.6 is 0 Å². The number of halogens is 3. The number of aliphatic hydroxyl groups is 1. The van der Waals surface area contributed by atoms with Crippen molar-refractivity contribution in [3.63, 3.8) is 0 Å². The van der Waals surface area contributed by atoms with Gasteiger partial charge in [0.2, 0.25) is 0 Å². The van der Waals surface area contributed by atoms with Crippen molar-refractivity contribution in [3.8, 4) is 22.9 Å². The molecule has 7 rings (SSSR count). The third-order valence-electron chi connectivity index (χ3n) is 10.2. The Labute approximate surface area is 266 Å². The predicted molar refractivity (Wildman–Crippen MR) is 173 cm³/mol. The highest BCUT2D eigenvalue weighted by Crippen LogP contribution is 2.44. The molecule has 0 spiro atoms. The number of piperidine rings is 1. The number of anilines is 1. The van der Waals surface area contributed by atoms with Crippen LogP contribution in [0.3, 0.4) is 0 Å². The molecule has 0 radical (unpaired) electrons. The van der Waals surface area contributed by atoms with Gasteiger partial charge < -0.3 is 19.8 Å². The number of rotatable bonds is 6. The first kappa shape index (κ1) is 30.7. The van der Waals surface area contributed by atoms with E-state index in [9.17, 15) is 14.6 Å². The zero-order chi connectivity index (χ0) is 32.4. The number of fused-ring (bicyclic) bond motifs is 3. The van der Waals surface area contributed by atoms with Gasteiger partial charge in [-0.15, -0.1) is 0 Å². The number of ether oxygens (including phenoxy) is 1. The molecule has 46 heavy (non-hydrogen) atoms. The minimum atomic E-state index is -1.01. The average Bonchev–Trinajstić information content (AvgIpc) is 3.57. The first-order chi connectivity index (χ1) is 22.0. The summed E-state index contributed by atoms with van der Waals surface area (Å²) < 4.78 is 54.4. The topological polar surface area (TPSA) is 82.0 Å². The third kappa shape index (κ3) is 5.15. The fraction of sp³-hybridized carbons (Fsp3) is 0.444. The molecular formula is C36H39F3N4O3. The number of phenolic OH excluding ortho intramolecular Hbond substituents is 1. The lowest BCUT2D eigenvalue weighted by Gasteiger charge is -2.38. The van der Waals surface area contributed by atoms with Gasteiger partial charge in [0, 0.05) is 25.0 Å². The summed E-state index contributed by atoms with van der Waals surface area (Å²) in [5.41, 5.74) is -0.0684. The molecule has 3 aliphatic heterocycles. The molecule has 2 atom stereocenters. The summed E-state index contributed by atoms with van der Waals surface area (Å²) in [6, 6.07) is 6.68. The van der Waals surface area contributed by atoms with E-state index >= 15 is 8.78 Å². The molecule has 242 valence electrons. The van der Waals surface area contributed by atoms with Crippen LogP contribution in [-0.4, -0.2) is 69.0 Å². The molecule has 0 bridgehead atoms. The second kappa shape index (κ2) is 11.4. The van der Waals surface area contributed by atoms with Crippen LogP contribution in [-0.2, 0) is 6.42 Å². The van der Waals surface area contributed by atoms with Gasteiger partial charge in [0.05, 0.1) is 16.7 Å². The Bertz CT molecular complexity index is 1890.